The number of rotatable bonds is 8. The highest BCUT2D eigenvalue weighted by atomic mass is 16.5. The Morgan fingerprint density at radius 1 is 1.15 bits per heavy atom. The Morgan fingerprint density at radius 3 is 2.67 bits per heavy atom. The maximum Gasteiger partial charge on any atom is 0.197 e. The Labute approximate surface area is 192 Å². The number of hydrogen-bond acceptors (Lipinski definition) is 7. The SMILES string of the molecule is CCN=C(C)COc1cc(O)c2c(=O)cc(-c3ccc(OC)c(OC4CCCC4)c3)oc2c1. The number of benzene rings is 2. The summed E-state index contributed by atoms with van der Waals surface area (Å²) in [5.74, 6) is 1.83. The number of phenols is 1. The molecule has 0 spiro atoms. The molecule has 174 valence electrons. The molecular weight excluding hydrogens is 422 g/mol. The van der Waals surface area contributed by atoms with Gasteiger partial charge in [-0.15, -0.1) is 0 Å². The van der Waals surface area contributed by atoms with Gasteiger partial charge in [0.15, 0.2) is 16.9 Å². The zero-order chi connectivity index (χ0) is 23.4. The van der Waals surface area contributed by atoms with E-state index in [-0.39, 0.29) is 34.9 Å². The molecule has 1 aromatic heterocycles. The van der Waals surface area contributed by atoms with E-state index in [0.717, 1.165) is 31.4 Å². The van der Waals surface area contributed by atoms with Gasteiger partial charge in [0.05, 0.1) is 13.2 Å². The van der Waals surface area contributed by atoms with Gasteiger partial charge in [0.25, 0.3) is 0 Å². The van der Waals surface area contributed by atoms with Gasteiger partial charge in [0.2, 0.25) is 0 Å². The quantitative estimate of drug-likeness (QED) is 0.464. The molecule has 0 saturated heterocycles. The van der Waals surface area contributed by atoms with Gasteiger partial charge < -0.3 is 23.7 Å². The molecule has 0 atom stereocenters. The lowest BCUT2D eigenvalue weighted by atomic mass is 10.1. The highest BCUT2D eigenvalue weighted by Crippen LogP contribution is 2.37. The molecule has 0 amide bonds. The molecule has 1 heterocycles. The van der Waals surface area contributed by atoms with E-state index in [1.807, 2.05) is 26.0 Å². The molecule has 1 saturated carbocycles. The summed E-state index contributed by atoms with van der Waals surface area (Å²) in [4.78, 5) is 17.1. The average Bonchev–Trinajstić information content (AvgIpc) is 3.30. The Hall–Kier alpha value is -3.48. The van der Waals surface area contributed by atoms with Crippen molar-refractivity contribution in [2.24, 2.45) is 4.99 Å². The number of aromatic hydroxyl groups is 1. The molecular formula is C26H29NO6. The molecule has 0 aliphatic heterocycles. The van der Waals surface area contributed by atoms with Crippen LogP contribution in [-0.4, -0.2) is 37.2 Å². The van der Waals surface area contributed by atoms with Crippen LogP contribution >= 0.6 is 0 Å². The van der Waals surface area contributed by atoms with Gasteiger partial charge in [-0.2, -0.15) is 0 Å². The first-order valence-corrected chi connectivity index (χ1v) is 11.3. The van der Waals surface area contributed by atoms with Crippen molar-refractivity contribution in [1.29, 1.82) is 0 Å². The Bertz CT molecular complexity index is 1220. The minimum Gasteiger partial charge on any atom is -0.507 e. The number of ether oxygens (including phenoxy) is 3. The summed E-state index contributed by atoms with van der Waals surface area (Å²) in [6, 6.07) is 9.84. The van der Waals surface area contributed by atoms with Crippen molar-refractivity contribution in [2.75, 3.05) is 20.3 Å². The zero-order valence-corrected chi connectivity index (χ0v) is 19.2. The molecule has 0 radical (unpaired) electrons. The lowest BCUT2D eigenvalue weighted by Crippen LogP contribution is -2.11. The van der Waals surface area contributed by atoms with E-state index in [1.54, 1.807) is 19.2 Å². The van der Waals surface area contributed by atoms with E-state index in [0.29, 0.717) is 35.1 Å². The highest BCUT2D eigenvalue weighted by Gasteiger charge is 2.20. The van der Waals surface area contributed by atoms with Crippen molar-refractivity contribution in [1.82, 2.24) is 0 Å². The van der Waals surface area contributed by atoms with E-state index in [9.17, 15) is 9.90 Å². The van der Waals surface area contributed by atoms with E-state index in [2.05, 4.69) is 4.99 Å². The fourth-order valence-corrected chi connectivity index (χ4v) is 4.08. The first kappa shape index (κ1) is 22.7. The van der Waals surface area contributed by atoms with E-state index in [1.165, 1.54) is 12.1 Å². The minimum absolute atomic E-state index is 0.112. The lowest BCUT2D eigenvalue weighted by Gasteiger charge is -2.17. The van der Waals surface area contributed by atoms with Crippen LogP contribution in [0.2, 0.25) is 0 Å². The summed E-state index contributed by atoms with van der Waals surface area (Å²) in [6.07, 6.45) is 4.51. The summed E-state index contributed by atoms with van der Waals surface area (Å²) in [6.45, 7) is 4.77. The van der Waals surface area contributed by atoms with Crippen LogP contribution in [0.25, 0.3) is 22.3 Å². The van der Waals surface area contributed by atoms with Crippen molar-refractivity contribution in [3.05, 3.63) is 46.6 Å². The maximum atomic E-state index is 12.8. The summed E-state index contributed by atoms with van der Waals surface area (Å²) < 4.78 is 23.4. The van der Waals surface area contributed by atoms with Crippen LogP contribution in [0.3, 0.4) is 0 Å². The van der Waals surface area contributed by atoms with E-state index in [4.69, 9.17) is 18.6 Å². The molecule has 4 rings (SSSR count). The fourth-order valence-electron chi connectivity index (χ4n) is 4.08. The minimum atomic E-state index is -0.340. The average molecular weight is 452 g/mol. The summed E-state index contributed by atoms with van der Waals surface area (Å²) >= 11 is 0. The molecule has 1 aliphatic rings. The number of phenolic OH excluding ortho intramolecular Hbond substituents is 1. The van der Waals surface area contributed by atoms with Gasteiger partial charge in [-0.05, 0) is 57.7 Å². The van der Waals surface area contributed by atoms with Gasteiger partial charge >= 0.3 is 0 Å². The molecule has 2 aromatic carbocycles. The van der Waals surface area contributed by atoms with Crippen molar-refractivity contribution in [3.63, 3.8) is 0 Å². The number of nitrogens with zero attached hydrogens (tertiary/aromatic N) is 1. The predicted octanol–water partition coefficient (Wildman–Crippen LogP) is 5.36. The van der Waals surface area contributed by atoms with Gasteiger partial charge in [-0.3, -0.25) is 9.79 Å². The van der Waals surface area contributed by atoms with E-state index >= 15 is 0 Å². The van der Waals surface area contributed by atoms with Crippen LogP contribution in [0, 0.1) is 0 Å². The standard InChI is InChI=1S/C26H29NO6/c1-4-27-16(2)15-31-19-12-20(28)26-21(29)14-23(33-25(26)13-19)17-9-10-22(30-3)24(11-17)32-18-7-5-6-8-18/h9-14,18,28H,4-8,15H2,1-3H3. The second-order valence-corrected chi connectivity index (χ2v) is 8.18. The summed E-state index contributed by atoms with van der Waals surface area (Å²) in [5.41, 5.74) is 1.42. The lowest BCUT2D eigenvalue weighted by molar-refractivity contribution is 0.201. The number of hydrogen-bond donors (Lipinski definition) is 1. The van der Waals surface area contributed by atoms with E-state index < -0.39 is 0 Å². The predicted molar refractivity (Wildman–Crippen MR) is 128 cm³/mol. The molecule has 7 nitrogen and oxygen atoms in total. The monoisotopic (exact) mass is 451 g/mol. The third-order valence-electron chi connectivity index (χ3n) is 5.70. The molecule has 3 aromatic rings. The zero-order valence-electron chi connectivity index (χ0n) is 19.2. The summed E-state index contributed by atoms with van der Waals surface area (Å²) in [5, 5.41) is 10.5. The van der Waals surface area contributed by atoms with Crippen LogP contribution in [0.5, 0.6) is 23.0 Å². The molecule has 33 heavy (non-hydrogen) atoms. The normalized spacial score (nSPS) is 14.6. The number of methoxy groups -OCH3 is 1. The molecule has 0 unspecified atom stereocenters. The number of aliphatic imine (C=N–C) groups is 1. The first-order chi connectivity index (χ1) is 16.0. The smallest absolute Gasteiger partial charge is 0.197 e. The van der Waals surface area contributed by atoms with Crippen molar-refractivity contribution in [3.8, 4) is 34.3 Å². The Kier molecular flexibility index (Phi) is 6.87. The second-order valence-electron chi connectivity index (χ2n) is 8.18. The molecule has 7 heteroatoms. The molecule has 1 N–H and O–H groups in total. The third kappa shape index (κ3) is 5.13. The highest BCUT2D eigenvalue weighted by molar-refractivity contribution is 5.87. The van der Waals surface area contributed by atoms with Crippen molar-refractivity contribution < 1.29 is 23.7 Å². The Balaban J connectivity index is 1.70. The van der Waals surface area contributed by atoms with Crippen molar-refractivity contribution >= 4 is 16.7 Å². The largest absolute Gasteiger partial charge is 0.507 e. The van der Waals surface area contributed by atoms with Crippen LogP contribution in [0.4, 0.5) is 0 Å². The second kappa shape index (κ2) is 9.98. The fraction of sp³-hybridized carbons (Fsp3) is 0.385. The van der Waals surface area contributed by atoms with Crippen molar-refractivity contribution in [2.45, 2.75) is 45.6 Å². The number of fused-ring (bicyclic) bond motifs is 1. The van der Waals surface area contributed by atoms with Crippen LogP contribution in [-0.2, 0) is 0 Å². The van der Waals surface area contributed by atoms with Crippen LogP contribution in [0.15, 0.2) is 50.6 Å². The molecule has 1 aliphatic carbocycles. The topological polar surface area (TPSA) is 90.5 Å². The summed E-state index contributed by atoms with van der Waals surface area (Å²) in [7, 11) is 1.60. The van der Waals surface area contributed by atoms with Crippen LogP contribution < -0.4 is 19.6 Å². The maximum absolute atomic E-state index is 12.8. The third-order valence-corrected chi connectivity index (χ3v) is 5.70. The first-order valence-electron chi connectivity index (χ1n) is 11.3. The van der Waals surface area contributed by atoms with Gasteiger partial charge in [-0.1, -0.05) is 0 Å². The molecule has 1 fully saturated rings. The van der Waals surface area contributed by atoms with Gasteiger partial charge in [-0.25, -0.2) is 0 Å². The van der Waals surface area contributed by atoms with Crippen LogP contribution in [0.1, 0.15) is 39.5 Å². The molecule has 0 bridgehead atoms. The van der Waals surface area contributed by atoms with Gasteiger partial charge in [0.1, 0.15) is 34.8 Å². The van der Waals surface area contributed by atoms with Gasteiger partial charge in [0, 0.05) is 36.0 Å². The Morgan fingerprint density at radius 2 is 1.94 bits per heavy atom.